The lowest BCUT2D eigenvalue weighted by Gasteiger charge is -2.61. The number of ketones is 1. The van der Waals surface area contributed by atoms with Gasteiger partial charge in [-0.15, -0.1) is 0 Å². The molecule has 1 aromatic carbocycles. The van der Waals surface area contributed by atoms with Gasteiger partial charge in [0.1, 0.15) is 12.2 Å². The quantitative estimate of drug-likeness (QED) is 0.250. The second-order valence-corrected chi connectivity index (χ2v) is 13.4. The average Bonchev–Trinajstić information content (AvgIpc) is 3.41. The predicted octanol–water partition coefficient (Wildman–Crippen LogP) is 2.05. The molecule has 11 heteroatoms. The number of nitrogens with one attached hydrogen (secondary N) is 1. The number of ether oxygens (including phenoxy) is 3. The molecule has 5 atom stereocenters. The van der Waals surface area contributed by atoms with Crippen LogP contribution in [-0.2, 0) is 40.5 Å². The van der Waals surface area contributed by atoms with Gasteiger partial charge < -0.3 is 39.0 Å². The molecular weight excluding hydrogens is 539 g/mol. The smallest absolute Gasteiger partial charge is 0.496 e. The highest BCUT2D eigenvalue weighted by Gasteiger charge is 2.71. The normalized spacial score (nSPS) is 35.1. The van der Waals surface area contributed by atoms with Gasteiger partial charge in [0.05, 0.1) is 50.4 Å². The molecule has 6 rings (SSSR count). The van der Waals surface area contributed by atoms with Crippen LogP contribution in [-0.4, -0.2) is 91.0 Å². The SMILES string of the molecule is CC[C@@H]1CN2CC[C@@]34OCCO[C@@]3(Nc3c(B5OC(C)(C)C(C)(C)O5)ccc(CO)c34)[C@@H]2C[C@@H]1/C(=C\OC)C(=O)CO. The van der Waals surface area contributed by atoms with Gasteiger partial charge in [0.25, 0.3) is 0 Å². The van der Waals surface area contributed by atoms with Gasteiger partial charge in [-0.05, 0) is 57.9 Å². The van der Waals surface area contributed by atoms with Crippen molar-refractivity contribution in [3.05, 3.63) is 35.1 Å². The van der Waals surface area contributed by atoms with E-state index >= 15 is 0 Å². The van der Waals surface area contributed by atoms with E-state index in [9.17, 15) is 15.0 Å². The Kier molecular flexibility index (Phi) is 7.57. The fourth-order valence-electron chi connectivity index (χ4n) is 8.09. The molecule has 230 valence electrons. The summed E-state index contributed by atoms with van der Waals surface area (Å²) in [5.41, 5.74) is 1.03. The topological polar surface area (TPSA) is 119 Å². The highest BCUT2D eigenvalue weighted by molar-refractivity contribution is 6.64. The summed E-state index contributed by atoms with van der Waals surface area (Å²) < 4.78 is 32.0. The molecular formula is C31H45BN2O8. The van der Waals surface area contributed by atoms with Crippen molar-refractivity contribution >= 4 is 24.1 Å². The number of carbonyl (C=O) groups is 1. The van der Waals surface area contributed by atoms with Crippen LogP contribution < -0.4 is 10.8 Å². The minimum Gasteiger partial charge on any atom is -0.504 e. The van der Waals surface area contributed by atoms with Gasteiger partial charge in [0.2, 0.25) is 0 Å². The zero-order valence-electron chi connectivity index (χ0n) is 25.7. The summed E-state index contributed by atoms with van der Waals surface area (Å²) in [6.07, 6.45) is 3.69. The molecule has 0 spiro atoms. The Morgan fingerprint density at radius 2 is 1.88 bits per heavy atom. The van der Waals surface area contributed by atoms with Crippen LogP contribution in [0.4, 0.5) is 5.69 Å². The molecule has 0 radical (unpaired) electrons. The number of Topliss-reactive ketones (excluding diaryl/α,β-unsaturated/α-hetero) is 1. The molecule has 0 aromatic heterocycles. The Hall–Kier alpha value is -1.99. The number of fused-ring (bicyclic) bond motifs is 2. The van der Waals surface area contributed by atoms with E-state index in [1.165, 1.54) is 13.4 Å². The summed E-state index contributed by atoms with van der Waals surface area (Å²) in [6.45, 7) is 12.0. The van der Waals surface area contributed by atoms with Crippen molar-refractivity contribution in [2.45, 2.75) is 89.1 Å². The van der Waals surface area contributed by atoms with Gasteiger partial charge in [0.15, 0.2) is 11.5 Å². The van der Waals surface area contributed by atoms with Crippen LogP contribution >= 0.6 is 0 Å². The first-order valence-electron chi connectivity index (χ1n) is 15.3. The van der Waals surface area contributed by atoms with E-state index in [4.69, 9.17) is 23.5 Å². The maximum absolute atomic E-state index is 12.9. The van der Waals surface area contributed by atoms with Crippen molar-refractivity contribution < 1.29 is 38.5 Å². The predicted molar refractivity (Wildman–Crippen MR) is 157 cm³/mol. The molecule has 0 aliphatic carbocycles. The molecule has 42 heavy (non-hydrogen) atoms. The highest BCUT2D eigenvalue weighted by Crippen LogP contribution is 2.60. The molecule has 3 N–H and O–H groups in total. The number of aliphatic hydroxyl groups excluding tert-OH is 2. The third-order valence-corrected chi connectivity index (χ3v) is 10.9. The number of piperidine rings is 2. The Morgan fingerprint density at radius 1 is 1.17 bits per heavy atom. The summed E-state index contributed by atoms with van der Waals surface area (Å²) in [5, 5.41) is 24.2. The van der Waals surface area contributed by atoms with Crippen molar-refractivity contribution in [2.75, 3.05) is 45.3 Å². The molecule has 0 saturated carbocycles. The molecule has 5 aliphatic heterocycles. The van der Waals surface area contributed by atoms with Crippen LogP contribution in [0.25, 0.3) is 0 Å². The Morgan fingerprint density at radius 3 is 2.52 bits per heavy atom. The molecule has 4 fully saturated rings. The van der Waals surface area contributed by atoms with E-state index in [-0.39, 0.29) is 30.3 Å². The number of carbonyl (C=O) groups excluding carboxylic acids is 1. The Labute approximate surface area is 248 Å². The first-order chi connectivity index (χ1) is 20.0. The van der Waals surface area contributed by atoms with E-state index < -0.39 is 36.3 Å². The van der Waals surface area contributed by atoms with Crippen LogP contribution in [0.1, 0.15) is 65.0 Å². The molecule has 0 unspecified atom stereocenters. The van der Waals surface area contributed by atoms with Crippen molar-refractivity contribution in [1.29, 1.82) is 0 Å². The van der Waals surface area contributed by atoms with Gasteiger partial charge in [0, 0.05) is 35.4 Å². The van der Waals surface area contributed by atoms with Crippen LogP contribution in [0, 0.1) is 11.8 Å². The maximum atomic E-state index is 12.9. The number of aliphatic hydroxyl groups is 2. The summed E-state index contributed by atoms with van der Waals surface area (Å²) in [6, 6.07) is 3.77. The lowest BCUT2D eigenvalue weighted by molar-refractivity contribution is -0.297. The summed E-state index contributed by atoms with van der Waals surface area (Å²) in [5.74, 6) is -0.233. The lowest BCUT2D eigenvalue weighted by Crippen LogP contribution is -2.75. The van der Waals surface area contributed by atoms with Crippen molar-refractivity contribution in [2.24, 2.45) is 11.8 Å². The second kappa shape index (κ2) is 10.6. The molecule has 10 nitrogen and oxygen atoms in total. The Bertz CT molecular complexity index is 1250. The number of hydrogen-bond acceptors (Lipinski definition) is 10. The van der Waals surface area contributed by atoms with Crippen LogP contribution in [0.15, 0.2) is 24.0 Å². The number of rotatable bonds is 7. The van der Waals surface area contributed by atoms with E-state index in [0.717, 1.165) is 41.8 Å². The highest BCUT2D eigenvalue weighted by atomic mass is 16.7. The number of nitrogens with zero attached hydrogens (tertiary/aromatic N) is 1. The average molecular weight is 585 g/mol. The van der Waals surface area contributed by atoms with Crippen LogP contribution in [0.3, 0.4) is 0 Å². The van der Waals surface area contributed by atoms with Crippen molar-refractivity contribution in [3.63, 3.8) is 0 Å². The van der Waals surface area contributed by atoms with Gasteiger partial charge in [-0.2, -0.15) is 0 Å². The summed E-state index contributed by atoms with van der Waals surface area (Å²) >= 11 is 0. The minimum absolute atomic E-state index is 0.128. The lowest BCUT2D eigenvalue weighted by atomic mass is 9.66. The fraction of sp³-hybridized carbons (Fsp3) is 0.710. The standard InChI is InChI=1S/C31H45BN2O8/c1-7-19-15-34-11-10-30-26-20(16-35)8-9-23(32-41-28(2,3)29(4,5)42-32)27(26)33-31(30,40-13-12-39-30)25(34)14-21(19)22(18-38-6)24(37)17-36/h8-9,18-19,21,25,33,35-36H,7,10-17H2,1-6H3/b22-18+/t19-,21+,25+,30+,31+/m1/s1. The van der Waals surface area contributed by atoms with Crippen molar-refractivity contribution in [3.8, 4) is 0 Å². The van der Waals surface area contributed by atoms with E-state index in [2.05, 4.69) is 17.1 Å². The van der Waals surface area contributed by atoms with Crippen molar-refractivity contribution in [1.82, 2.24) is 4.90 Å². The monoisotopic (exact) mass is 584 g/mol. The molecule has 4 saturated heterocycles. The van der Waals surface area contributed by atoms with Gasteiger partial charge in [-0.1, -0.05) is 25.5 Å². The van der Waals surface area contributed by atoms with E-state index in [0.29, 0.717) is 31.6 Å². The fourth-order valence-corrected chi connectivity index (χ4v) is 8.09. The molecule has 0 amide bonds. The minimum atomic E-state index is -0.965. The van der Waals surface area contributed by atoms with E-state index in [1.54, 1.807) is 0 Å². The third kappa shape index (κ3) is 4.15. The summed E-state index contributed by atoms with van der Waals surface area (Å²) in [7, 11) is 0.920. The third-order valence-electron chi connectivity index (χ3n) is 10.9. The number of methoxy groups -OCH3 is 1. The maximum Gasteiger partial charge on any atom is 0.496 e. The van der Waals surface area contributed by atoms with Crippen LogP contribution in [0.5, 0.6) is 0 Å². The number of hydrogen-bond donors (Lipinski definition) is 3. The summed E-state index contributed by atoms with van der Waals surface area (Å²) in [4.78, 5) is 15.4. The first-order valence-corrected chi connectivity index (χ1v) is 15.3. The van der Waals surface area contributed by atoms with Gasteiger partial charge in [-0.25, -0.2) is 0 Å². The number of benzene rings is 1. The molecule has 5 aliphatic rings. The van der Waals surface area contributed by atoms with Gasteiger partial charge in [-0.3, -0.25) is 9.69 Å². The van der Waals surface area contributed by atoms with E-state index in [1.807, 2.05) is 39.8 Å². The largest absolute Gasteiger partial charge is 0.504 e. The molecule has 5 heterocycles. The Balaban J connectivity index is 1.47. The number of anilines is 1. The molecule has 0 bridgehead atoms. The molecule has 1 aromatic rings. The zero-order chi connectivity index (χ0) is 30.1. The zero-order valence-corrected chi connectivity index (χ0v) is 25.7. The second-order valence-electron chi connectivity index (χ2n) is 13.4. The van der Waals surface area contributed by atoms with Crippen LogP contribution in [0.2, 0.25) is 0 Å². The first kappa shape index (κ1) is 30.1. The van der Waals surface area contributed by atoms with Gasteiger partial charge >= 0.3 is 7.12 Å².